The van der Waals surface area contributed by atoms with Crippen molar-refractivity contribution in [1.82, 2.24) is 4.98 Å². The fraction of sp³-hybridized carbons (Fsp3) is 0.278. The van der Waals surface area contributed by atoms with Gasteiger partial charge in [-0.1, -0.05) is 18.2 Å². The van der Waals surface area contributed by atoms with Crippen molar-refractivity contribution in [2.75, 3.05) is 5.32 Å². The zero-order valence-corrected chi connectivity index (χ0v) is 13.5. The molecule has 1 amide bonds. The van der Waals surface area contributed by atoms with Crippen molar-refractivity contribution in [3.63, 3.8) is 0 Å². The minimum atomic E-state index is -0.542. The van der Waals surface area contributed by atoms with Crippen LogP contribution in [0.1, 0.15) is 40.0 Å². The summed E-state index contributed by atoms with van der Waals surface area (Å²) >= 11 is 0. The molecule has 0 bridgehead atoms. The highest BCUT2D eigenvalue weighted by Gasteiger charge is 2.13. The topological polar surface area (TPSA) is 106 Å². The SMILES string of the molecule is NC(=O)c1ccc(CN=C(N)Nc2cccc3c2CCCC3)cn1. The smallest absolute Gasteiger partial charge is 0.267 e. The number of benzene rings is 1. The van der Waals surface area contributed by atoms with Crippen molar-refractivity contribution in [3.8, 4) is 0 Å². The first-order valence-electron chi connectivity index (χ1n) is 8.06. The van der Waals surface area contributed by atoms with E-state index >= 15 is 0 Å². The van der Waals surface area contributed by atoms with Gasteiger partial charge in [0.1, 0.15) is 5.69 Å². The van der Waals surface area contributed by atoms with Crippen LogP contribution in [0.5, 0.6) is 0 Å². The average molecular weight is 323 g/mol. The van der Waals surface area contributed by atoms with E-state index in [0.29, 0.717) is 12.5 Å². The molecular formula is C18H21N5O. The fourth-order valence-electron chi connectivity index (χ4n) is 2.92. The number of carbonyl (C=O) groups excluding carboxylic acids is 1. The van der Waals surface area contributed by atoms with Crippen LogP contribution >= 0.6 is 0 Å². The molecule has 0 radical (unpaired) electrons. The molecule has 0 atom stereocenters. The molecule has 3 rings (SSSR count). The van der Waals surface area contributed by atoms with Crippen LogP contribution < -0.4 is 16.8 Å². The Balaban J connectivity index is 1.67. The molecule has 0 aliphatic heterocycles. The number of nitrogens with zero attached hydrogens (tertiary/aromatic N) is 2. The van der Waals surface area contributed by atoms with Crippen molar-refractivity contribution in [3.05, 3.63) is 58.9 Å². The van der Waals surface area contributed by atoms with E-state index in [1.54, 1.807) is 18.3 Å². The maximum Gasteiger partial charge on any atom is 0.267 e. The second-order valence-corrected chi connectivity index (χ2v) is 5.89. The summed E-state index contributed by atoms with van der Waals surface area (Å²) in [5.41, 5.74) is 16.1. The number of pyridine rings is 1. The van der Waals surface area contributed by atoms with Crippen LogP contribution in [0.15, 0.2) is 41.5 Å². The van der Waals surface area contributed by atoms with Crippen LogP contribution in [0.4, 0.5) is 5.69 Å². The lowest BCUT2D eigenvalue weighted by molar-refractivity contribution is 0.0995. The second kappa shape index (κ2) is 7.12. The van der Waals surface area contributed by atoms with Gasteiger partial charge in [-0.05, 0) is 54.5 Å². The Labute approximate surface area is 141 Å². The lowest BCUT2D eigenvalue weighted by Gasteiger charge is -2.19. The van der Waals surface area contributed by atoms with Crippen molar-refractivity contribution >= 4 is 17.6 Å². The molecule has 124 valence electrons. The fourth-order valence-corrected chi connectivity index (χ4v) is 2.92. The summed E-state index contributed by atoms with van der Waals surface area (Å²) < 4.78 is 0. The summed E-state index contributed by atoms with van der Waals surface area (Å²) in [6, 6.07) is 9.62. The number of amides is 1. The molecule has 1 aliphatic rings. The number of hydrogen-bond acceptors (Lipinski definition) is 3. The van der Waals surface area contributed by atoms with E-state index in [1.807, 2.05) is 12.1 Å². The number of rotatable bonds is 4. The molecule has 0 unspecified atom stereocenters. The number of guanidine groups is 1. The van der Waals surface area contributed by atoms with Crippen LogP contribution in [-0.4, -0.2) is 16.9 Å². The highest BCUT2D eigenvalue weighted by atomic mass is 16.1. The van der Waals surface area contributed by atoms with Gasteiger partial charge in [-0.2, -0.15) is 0 Å². The quantitative estimate of drug-likeness (QED) is 0.591. The highest BCUT2D eigenvalue weighted by Crippen LogP contribution is 2.27. The lowest BCUT2D eigenvalue weighted by atomic mass is 9.90. The van der Waals surface area contributed by atoms with E-state index < -0.39 is 5.91 Å². The summed E-state index contributed by atoms with van der Waals surface area (Å²) in [4.78, 5) is 19.3. The molecular weight excluding hydrogens is 302 g/mol. The Morgan fingerprint density at radius 3 is 2.75 bits per heavy atom. The molecule has 1 aromatic carbocycles. The van der Waals surface area contributed by atoms with Crippen molar-refractivity contribution in [1.29, 1.82) is 0 Å². The molecule has 0 saturated carbocycles. The minimum Gasteiger partial charge on any atom is -0.370 e. The number of fused-ring (bicyclic) bond motifs is 1. The average Bonchev–Trinajstić information content (AvgIpc) is 2.61. The first-order valence-corrected chi connectivity index (χ1v) is 8.06. The molecule has 5 N–H and O–H groups in total. The molecule has 1 aliphatic carbocycles. The van der Waals surface area contributed by atoms with E-state index in [1.165, 1.54) is 24.0 Å². The van der Waals surface area contributed by atoms with Gasteiger partial charge in [0.05, 0.1) is 6.54 Å². The van der Waals surface area contributed by atoms with Gasteiger partial charge in [0.25, 0.3) is 5.91 Å². The summed E-state index contributed by atoms with van der Waals surface area (Å²) in [5, 5.41) is 3.20. The van der Waals surface area contributed by atoms with Crippen LogP contribution in [0.2, 0.25) is 0 Å². The number of aryl methyl sites for hydroxylation is 1. The monoisotopic (exact) mass is 323 g/mol. The summed E-state index contributed by atoms with van der Waals surface area (Å²) in [7, 11) is 0. The highest BCUT2D eigenvalue weighted by molar-refractivity contribution is 5.93. The molecule has 2 aromatic rings. The molecule has 6 heteroatoms. The number of anilines is 1. The Morgan fingerprint density at radius 1 is 1.17 bits per heavy atom. The van der Waals surface area contributed by atoms with Gasteiger partial charge in [0.15, 0.2) is 5.96 Å². The largest absolute Gasteiger partial charge is 0.370 e. The van der Waals surface area contributed by atoms with E-state index in [0.717, 1.165) is 24.1 Å². The van der Waals surface area contributed by atoms with E-state index in [-0.39, 0.29) is 5.69 Å². The first-order chi connectivity index (χ1) is 11.6. The third-order valence-electron chi connectivity index (χ3n) is 4.17. The number of nitrogens with one attached hydrogen (secondary N) is 1. The second-order valence-electron chi connectivity index (χ2n) is 5.89. The van der Waals surface area contributed by atoms with Crippen LogP contribution in [-0.2, 0) is 19.4 Å². The van der Waals surface area contributed by atoms with Gasteiger partial charge >= 0.3 is 0 Å². The molecule has 0 saturated heterocycles. The van der Waals surface area contributed by atoms with Crippen molar-refractivity contribution in [2.24, 2.45) is 16.5 Å². The zero-order valence-electron chi connectivity index (χ0n) is 13.5. The first kappa shape index (κ1) is 16.0. The van der Waals surface area contributed by atoms with E-state index in [4.69, 9.17) is 11.5 Å². The van der Waals surface area contributed by atoms with Gasteiger partial charge in [0.2, 0.25) is 0 Å². The standard InChI is InChI=1S/C18H21N5O/c19-17(24)16-9-8-12(10-21-16)11-22-18(20)23-15-7-3-5-13-4-1-2-6-14(13)15/h3,5,7-10H,1-2,4,6,11H2,(H2,19,24)(H3,20,22,23). The molecule has 0 spiro atoms. The van der Waals surface area contributed by atoms with Crippen LogP contribution in [0, 0.1) is 0 Å². The number of nitrogens with two attached hydrogens (primary N) is 2. The molecule has 6 nitrogen and oxygen atoms in total. The van der Waals surface area contributed by atoms with Gasteiger partial charge in [-0.15, -0.1) is 0 Å². The summed E-state index contributed by atoms with van der Waals surface area (Å²) in [5.74, 6) is -0.173. The Morgan fingerprint density at radius 2 is 2.00 bits per heavy atom. The maximum atomic E-state index is 11.0. The van der Waals surface area contributed by atoms with Gasteiger partial charge in [0, 0.05) is 11.9 Å². The maximum absolute atomic E-state index is 11.0. The number of aliphatic imine (C=N–C) groups is 1. The van der Waals surface area contributed by atoms with Gasteiger partial charge in [-0.3, -0.25) is 9.78 Å². The van der Waals surface area contributed by atoms with Gasteiger partial charge in [-0.25, -0.2) is 4.99 Å². The van der Waals surface area contributed by atoms with Crippen molar-refractivity contribution < 1.29 is 4.79 Å². The van der Waals surface area contributed by atoms with E-state index in [9.17, 15) is 4.79 Å². The van der Waals surface area contributed by atoms with Crippen molar-refractivity contribution in [2.45, 2.75) is 32.2 Å². The Hall–Kier alpha value is -2.89. The zero-order chi connectivity index (χ0) is 16.9. The predicted molar refractivity (Wildman–Crippen MR) is 94.8 cm³/mol. The van der Waals surface area contributed by atoms with Crippen LogP contribution in [0.25, 0.3) is 0 Å². The molecule has 1 heterocycles. The molecule has 0 fully saturated rings. The minimum absolute atomic E-state index is 0.240. The lowest BCUT2D eigenvalue weighted by Crippen LogP contribution is -2.24. The normalized spacial score (nSPS) is 14.1. The van der Waals surface area contributed by atoms with Gasteiger partial charge < -0.3 is 16.8 Å². The Kier molecular flexibility index (Phi) is 4.74. The number of carbonyl (C=O) groups is 1. The van der Waals surface area contributed by atoms with Crippen LogP contribution in [0.3, 0.4) is 0 Å². The third kappa shape index (κ3) is 3.71. The molecule has 1 aromatic heterocycles. The number of primary amides is 1. The predicted octanol–water partition coefficient (Wildman–Crippen LogP) is 1.99. The summed E-state index contributed by atoms with van der Waals surface area (Å²) in [6.45, 7) is 0.389. The molecule has 24 heavy (non-hydrogen) atoms. The Bertz CT molecular complexity index is 767. The summed E-state index contributed by atoms with van der Waals surface area (Å²) in [6.07, 6.45) is 6.24. The number of hydrogen-bond donors (Lipinski definition) is 3. The third-order valence-corrected chi connectivity index (χ3v) is 4.17. The van der Waals surface area contributed by atoms with E-state index in [2.05, 4.69) is 21.4 Å². The number of aromatic nitrogens is 1.